The average molecular weight is 324 g/mol. The highest BCUT2D eigenvalue weighted by Gasteiger charge is 2.04. The minimum Gasteiger partial charge on any atom is -0.361 e. The first-order valence-corrected chi connectivity index (χ1v) is 8.00. The summed E-state index contributed by atoms with van der Waals surface area (Å²) in [7, 11) is 1.73. The zero-order valence-corrected chi connectivity index (χ0v) is 13.6. The molecule has 0 atom stereocenters. The minimum atomic E-state index is -0.225. The van der Waals surface area contributed by atoms with Gasteiger partial charge in [-0.2, -0.15) is 0 Å². The Labute approximate surface area is 140 Å². The number of nitrogens with zero attached hydrogens (tertiary/aromatic N) is 1. The number of nitrogens with one attached hydrogen (secondary N) is 3. The Morgan fingerprint density at radius 1 is 1.12 bits per heavy atom. The van der Waals surface area contributed by atoms with Crippen molar-refractivity contribution in [2.45, 2.75) is 13.0 Å². The molecule has 0 saturated carbocycles. The highest BCUT2D eigenvalue weighted by molar-refractivity contribution is 5.83. The monoisotopic (exact) mass is 324 g/mol. The van der Waals surface area contributed by atoms with Gasteiger partial charge in [-0.25, -0.2) is 4.39 Å². The third-order valence-electron chi connectivity index (χ3n) is 3.93. The molecule has 0 amide bonds. The van der Waals surface area contributed by atoms with E-state index in [0.29, 0.717) is 12.5 Å². The maximum Gasteiger partial charge on any atom is 0.191 e. The first-order valence-electron chi connectivity index (χ1n) is 8.00. The second kappa shape index (κ2) is 7.64. The highest BCUT2D eigenvalue weighted by Crippen LogP contribution is 2.17. The standard InChI is InChI=1S/C19H21FN4/c1-21-19(24-12-14-5-4-6-16(20)11-14)22-10-9-15-13-23-18-8-3-2-7-17(15)18/h2-8,11,13,23H,9-10,12H2,1H3,(H2,21,22,24). The van der Waals surface area contributed by atoms with Crippen LogP contribution in [-0.4, -0.2) is 24.5 Å². The van der Waals surface area contributed by atoms with Crippen LogP contribution in [0.3, 0.4) is 0 Å². The Morgan fingerprint density at radius 2 is 2.00 bits per heavy atom. The van der Waals surface area contributed by atoms with E-state index in [4.69, 9.17) is 0 Å². The molecule has 0 saturated heterocycles. The summed E-state index contributed by atoms with van der Waals surface area (Å²) < 4.78 is 13.2. The van der Waals surface area contributed by atoms with Crippen molar-refractivity contribution < 1.29 is 4.39 Å². The van der Waals surface area contributed by atoms with E-state index in [1.54, 1.807) is 13.1 Å². The van der Waals surface area contributed by atoms with Crippen LogP contribution in [0, 0.1) is 5.82 Å². The molecule has 0 aliphatic heterocycles. The topological polar surface area (TPSA) is 52.2 Å². The Morgan fingerprint density at radius 3 is 2.83 bits per heavy atom. The molecule has 124 valence electrons. The number of para-hydroxylation sites is 1. The first-order chi connectivity index (χ1) is 11.8. The van der Waals surface area contributed by atoms with E-state index in [-0.39, 0.29) is 5.82 Å². The number of aromatic nitrogens is 1. The van der Waals surface area contributed by atoms with E-state index in [0.717, 1.165) is 24.0 Å². The molecular weight excluding hydrogens is 303 g/mol. The zero-order chi connectivity index (χ0) is 16.8. The molecule has 1 heterocycles. The number of aliphatic imine (C=N–C) groups is 1. The van der Waals surface area contributed by atoms with Gasteiger partial charge in [-0.1, -0.05) is 30.3 Å². The summed E-state index contributed by atoms with van der Waals surface area (Å²) in [5.41, 5.74) is 3.31. The summed E-state index contributed by atoms with van der Waals surface area (Å²) in [5.74, 6) is 0.482. The van der Waals surface area contributed by atoms with Gasteiger partial charge < -0.3 is 15.6 Å². The van der Waals surface area contributed by atoms with Crippen molar-refractivity contribution in [2.75, 3.05) is 13.6 Å². The molecule has 4 nitrogen and oxygen atoms in total. The normalized spacial score (nSPS) is 11.7. The highest BCUT2D eigenvalue weighted by atomic mass is 19.1. The van der Waals surface area contributed by atoms with Crippen LogP contribution < -0.4 is 10.6 Å². The van der Waals surface area contributed by atoms with Gasteiger partial charge in [-0.05, 0) is 35.7 Å². The van der Waals surface area contributed by atoms with E-state index in [1.807, 2.05) is 18.2 Å². The van der Waals surface area contributed by atoms with E-state index >= 15 is 0 Å². The van der Waals surface area contributed by atoms with Gasteiger partial charge in [-0.15, -0.1) is 0 Å². The largest absolute Gasteiger partial charge is 0.361 e. The van der Waals surface area contributed by atoms with Gasteiger partial charge in [0.25, 0.3) is 0 Å². The van der Waals surface area contributed by atoms with Gasteiger partial charge in [0.15, 0.2) is 5.96 Å². The number of rotatable bonds is 5. The molecule has 3 aromatic rings. The number of aromatic amines is 1. The number of guanidine groups is 1. The van der Waals surface area contributed by atoms with Crippen molar-refractivity contribution in [3.63, 3.8) is 0 Å². The molecule has 0 aliphatic carbocycles. The number of hydrogen-bond acceptors (Lipinski definition) is 1. The van der Waals surface area contributed by atoms with Crippen LogP contribution in [0.25, 0.3) is 10.9 Å². The van der Waals surface area contributed by atoms with Gasteiger partial charge in [-0.3, -0.25) is 4.99 Å². The summed E-state index contributed by atoms with van der Waals surface area (Å²) in [5, 5.41) is 7.73. The predicted octanol–water partition coefficient (Wildman–Crippen LogP) is 3.21. The molecule has 3 rings (SSSR count). The fourth-order valence-electron chi connectivity index (χ4n) is 2.71. The average Bonchev–Trinajstić information content (AvgIpc) is 3.01. The molecule has 3 N–H and O–H groups in total. The lowest BCUT2D eigenvalue weighted by Crippen LogP contribution is -2.37. The third-order valence-corrected chi connectivity index (χ3v) is 3.93. The molecule has 0 unspecified atom stereocenters. The molecule has 24 heavy (non-hydrogen) atoms. The molecule has 0 radical (unpaired) electrons. The summed E-state index contributed by atoms with van der Waals surface area (Å²) >= 11 is 0. The number of fused-ring (bicyclic) bond motifs is 1. The Balaban J connectivity index is 1.51. The second-order valence-electron chi connectivity index (χ2n) is 5.59. The second-order valence-corrected chi connectivity index (χ2v) is 5.59. The van der Waals surface area contributed by atoms with Crippen LogP contribution in [-0.2, 0) is 13.0 Å². The third kappa shape index (κ3) is 3.93. The van der Waals surface area contributed by atoms with Crippen LogP contribution in [0.4, 0.5) is 4.39 Å². The lowest BCUT2D eigenvalue weighted by Gasteiger charge is -2.12. The maximum atomic E-state index is 13.2. The quantitative estimate of drug-likeness (QED) is 0.498. The smallest absolute Gasteiger partial charge is 0.191 e. The maximum absolute atomic E-state index is 13.2. The summed E-state index contributed by atoms with van der Waals surface area (Å²) in [6, 6.07) is 14.8. The molecule has 2 aromatic carbocycles. The Bertz CT molecular complexity index is 838. The van der Waals surface area contributed by atoms with Crippen LogP contribution >= 0.6 is 0 Å². The summed E-state index contributed by atoms with van der Waals surface area (Å²) in [6.07, 6.45) is 2.94. The van der Waals surface area contributed by atoms with Crippen molar-refractivity contribution in [2.24, 2.45) is 4.99 Å². The van der Waals surface area contributed by atoms with Gasteiger partial charge >= 0.3 is 0 Å². The first kappa shape index (κ1) is 16.1. The predicted molar refractivity (Wildman–Crippen MR) is 96.6 cm³/mol. The van der Waals surface area contributed by atoms with Crippen molar-refractivity contribution in [1.82, 2.24) is 15.6 Å². The number of benzene rings is 2. The van der Waals surface area contributed by atoms with E-state index in [2.05, 4.69) is 38.9 Å². The lowest BCUT2D eigenvalue weighted by molar-refractivity contribution is 0.624. The number of H-pyrrole nitrogens is 1. The van der Waals surface area contributed by atoms with Crippen LogP contribution in [0.2, 0.25) is 0 Å². The number of halogens is 1. The SMILES string of the molecule is CN=C(NCCc1c[nH]c2ccccc12)NCc1cccc(F)c1. The van der Waals surface area contributed by atoms with Crippen LogP contribution in [0.5, 0.6) is 0 Å². The van der Waals surface area contributed by atoms with Gasteiger partial charge in [0, 0.05) is 37.2 Å². The molecule has 0 aliphatic rings. The minimum absolute atomic E-state index is 0.225. The van der Waals surface area contributed by atoms with Crippen molar-refractivity contribution in [1.29, 1.82) is 0 Å². The molecular formula is C19H21FN4. The summed E-state index contributed by atoms with van der Waals surface area (Å²) in [6.45, 7) is 1.30. The molecule has 5 heteroatoms. The zero-order valence-electron chi connectivity index (χ0n) is 13.6. The van der Waals surface area contributed by atoms with E-state index in [9.17, 15) is 4.39 Å². The molecule has 0 spiro atoms. The lowest BCUT2D eigenvalue weighted by atomic mass is 10.1. The summed E-state index contributed by atoms with van der Waals surface area (Å²) in [4.78, 5) is 7.48. The van der Waals surface area contributed by atoms with Gasteiger partial charge in [0.2, 0.25) is 0 Å². The van der Waals surface area contributed by atoms with Gasteiger partial charge in [0.05, 0.1) is 0 Å². The van der Waals surface area contributed by atoms with Crippen LogP contribution in [0.1, 0.15) is 11.1 Å². The molecule has 0 fully saturated rings. The van der Waals surface area contributed by atoms with E-state index in [1.165, 1.54) is 23.1 Å². The number of hydrogen-bond donors (Lipinski definition) is 3. The van der Waals surface area contributed by atoms with Crippen molar-refractivity contribution in [3.05, 3.63) is 71.7 Å². The van der Waals surface area contributed by atoms with Crippen LogP contribution in [0.15, 0.2) is 59.7 Å². The fraction of sp³-hybridized carbons (Fsp3) is 0.211. The van der Waals surface area contributed by atoms with Crippen molar-refractivity contribution in [3.8, 4) is 0 Å². The van der Waals surface area contributed by atoms with Gasteiger partial charge in [0.1, 0.15) is 5.82 Å². The fourth-order valence-corrected chi connectivity index (χ4v) is 2.71. The Kier molecular flexibility index (Phi) is 5.11. The van der Waals surface area contributed by atoms with E-state index < -0.39 is 0 Å². The molecule has 0 bridgehead atoms. The Hall–Kier alpha value is -2.82. The van der Waals surface area contributed by atoms with Crippen molar-refractivity contribution >= 4 is 16.9 Å². The molecule has 1 aromatic heterocycles.